The molecular weight excluding hydrogens is 374 g/mol. The van der Waals surface area contributed by atoms with Crippen molar-refractivity contribution in [2.45, 2.75) is 6.18 Å². The van der Waals surface area contributed by atoms with E-state index in [9.17, 15) is 27.9 Å². The van der Waals surface area contributed by atoms with E-state index in [0.717, 1.165) is 30.3 Å². The summed E-state index contributed by atoms with van der Waals surface area (Å²) in [6.07, 6.45) is -4.57. The van der Waals surface area contributed by atoms with Crippen molar-refractivity contribution < 1.29 is 32.3 Å². The van der Waals surface area contributed by atoms with Gasteiger partial charge in [-0.1, -0.05) is 11.6 Å². The predicted octanol–water partition coefficient (Wildman–Crippen LogP) is 4.15. The Kier molecular flexibility index (Phi) is 5.17. The number of halogens is 4. The van der Waals surface area contributed by atoms with E-state index in [1.54, 1.807) is 0 Å². The molecule has 0 spiro atoms. The van der Waals surface area contributed by atoms with Crippen molar-refractivity contribution >= 4 is 30.6 Å². The predicted molar refractivity (Wildman–Crippen MR) is 80.5 cm³/mol. The molecule has 0 bridgehead atoms. The Morgan fingerprint density at radius 2 is 1.88 bits per heavy atom. The lowest BCUT2D eigenvalue weighted by Crippen LogP contribution is -2.06. The van der Waals surface area contributed by atoms with E-state index in [0.29, 0.717) is 6.07 Å². The Balaban J connectivity index is 2.37. The first-order valence-corrected chi connectivity index (χ1v) is 7.89. The third-order valence-electron chi connectivity index (χ3n) is 2.88. The van der Waals surface area contributed by atoms with Crippen LogP contribution in [-0.4, -0.2) is 9.82 Å². The van der Waals surface area contributed by atoms with Crippen LogP contribution >= 0.6 is 19.6 Å². The maximum Gasteiger partial charge on any atom is 0.416 e. The van der Waals surface area contributed by atoms with E-state index in [2.05, 4.69) is 0 Å². The van der Waals surface area contributed by atoms with Gasteiger partial charge in [-0.3, -0.25) is 14.7 Å². The molecule has 1 atom stereocenters. The third kappa shape index (κ3) is 4.05. The third-order valence-corrected chi connectivity index (χ3v) is 4.04. The second-order valence-corrected chi connectivity index (χ2v) is 6.04. The largest absolute Gasteiger partial charge is 0.456 e. The molecule has 11 heteroatoms. The molecule has 0 heterocycles. The first-order chi connectivity index (χ1) is 11.1. The molecule has 0 radical (unpaired) electrons. The monoisotopic (exact) mass is 381 g/mol. The molecule has 0 amide bonds. The van der Waals surface area contributed by atoms with Gasteiger partial charge in [-0.25, -0.2) is 0 Å². The van der Waals surface area contributed by atoms with Gasteiger partial charge in [0.05, 0.1) is 15.5 Å². The van der Waals surface area contributed by atoms with Crippen molar-refractivity contribution in [2.24, 2.45) is 0 Å². The maximum absolute atomic E-state index is 12.6. The minimum Gasteiger partial charge on any atom is -0.456 e. The van der Waals surface area contributed by atoms with E-state index >= 15 is 0 Å². The summed E-state index contributed by atoms with van der Waals surface area (Å²) in [7, 11) is -3.39. The van der Waals surface area contributed by atoms with Gasteiger partial charge in [-0.05, 0) is 24.3 Å². The molecule has 0 aliphatic heterocycles. The zero-order chi connectivity index (χ0) is 18.1. The van der Waals surface area contributed by atoms with Crippen LogP contribution in [0, 0.1) is 10.1 Å². The summed E-state index contributed by atoms with van der Waals surface area (Å²) in [5, 5.41) is 10.0. The number of benzene rings is 2. The molecule has 2 aromatic carbocycles. The Morgan fingerprint density at radius 3 is 2.38 bits per heavy atom. The van der Waals surface area contributed by atoms with Crippen LogP contribution in [0.15, 0.2) is 36.4 Å². The molecule has 0 saturated carbocycles. The zero-order valence-electron chi connectivity index (χ0n) is 11.5. The van der Waals surface area contributed by atoms with Gasteiger partial charge >= 0.3 is 6.18 Å². The zero-order valence-corrected chi connectivity index (χ0v) is 13.3. The van der Waals surface area contributed by atoms with Crippen LogP contribution in [0.1, 0.15) is 5.56 Å². The highest BCUT2D eigenvalue weighted by Crippen LogP contribution is 2.37. The number of ether oxygens (including phenoxy) is 1. The lowest BCUT2D eigenvalue weighted by atomic mass is 10.2. The second kappa shape index (κ2) is 6.80. The van der Waals surface area contributed by atoms with Crippen molar-refractivity contribution in [3.8, 4) is 11.5 Å². The number of nitrogens with zero attached hydrogens (tertiary/aromatic N) is 1. The summed E-state index contributed by atoms with van der Waals surface area (Å²) in [5.74, 6) is -0.216. The van der Waals surface area contributed by atoms with E-state index in [1.807, 2.05) is 0 Å². The highest BCUT2D eigenvalue weighted by molar-refractivity contribution is 7.47. The van der Waals surface area contributed by atoms with Crippen LogP contribution in [0.4, 0.5) is 18.9 Å². The lowest BCUT2D eigenvalue weighted by molar-refractivity contribution is -0.383. The number of nitro groups is 1. The average Bonchev–Trinajstić information content (AvgIpc) is 2.47. The van der Waals surface area contributed by atoms with Crippen molar-refractivity contribution in [1.82, 2.24) is 0 Å². The molecule has 2 aromatic rings. The SMILES string of the molecule is O=[N+]([O-])c1ccc(Oc2ccc(C(F)(F)F)cc2Cl)cc1[PH](=O)O. The summed E-state index contributed by atoms with van der Waals surface area (Å²) >= 11 is 5.73. The van der Waals surface area contributed by atoms with E-state index < -0.39 is 35.7 Å². The van der Waals surface area contributed by atoms with Crippen molar-refractivity contribution in [1.29, 1.82) is 0 Å². The number of alkyl halides is 3. The van der Waals surface area contributed by atoms with Gasteiger partial charge in [0, 0.05) is 12.1 Å². The Labute approximate surface area is 138 Å². The standard InChI is InChI=1S/C13H8ClF3NO5P/c14-9-5-7(13(15,16)17)1-4-11(9)23-8-2-3-10(18(19)20)12(6-8)24(21)22/h1-6,24H,(H,21,22). The van der Waals surface area contributed by atoms with Crippen molar-refractivity contribution in [3.63, 3.8) is 0 Å². The fourth-order valence-electron chi connectivity index (χ4n) is 1.80. The molecule has 0 aliphatic rings. The van der Waals surface area contributed by atoms with Gasteiger partial charge in [0.1, 0.15) is 16.8 Å². The first kappa shape index (κ1) is 18.3. The molecule has 0 saturated heterocycles. The smallest absolute Gasteiger partial charge is 0.416 e. The Hall–Kier alpha value is -2.09. The fraction of sp³-hybridized carbons (Fsp3) is 0.0769. The highest BCUT2D eigenvalue weighted by Gasteiger charge is 2.31. The van der Waals surface area contributed by atoms with Gasteiger partial charge in [0.25, 0.3) is 5.69 Å². The van der Waals surface area contributed by atoms with Gasteiger partial charge in [-0.2, -0.15) is 13.2 Å². The van der Waals surface area contributed by atoms with Crippen LogP contribution in [0.25, 0.3) is 0 Å². The van der Waals surface area contributed by atoms with Gasteiger partial charge in [0.15, 0.2) is 0 Å². The van der Waals surface area contributed by atoms with Crippen LogP contribution in [0.3, 0.4) is 0 Å². The van der Waals surface area contributed by atoms with Crippen LogP contribution in [0.2, 0.25) is 5.02 Å². The van der Waals surface area contributed by atoms with Gasteiger partial charge in [0.2, 0.25) is 8.03 Å². The van der Waals surface area contributed by atoms with E-state index in [-0.39, 0.29) is 16.5 Å². The molecule has 0 fully saturated rings. The maximum atomic E-state index is 12.6. The number of hydrogen-bond acceptors (Lipinski definition) is 4. The van der Waals surface area contributed by atoms with Gasteiger partial charge in [-0.15, -0.1) is 0 Å². The quantitative estimate of drug-likeness (QED) is 0.488. The van der Waals surface area contributed by atoms with Crippen LogP contribution < -0.4 is 10.0 Å². The minimum atomic E-state index is -4.57. The topological polar surface area (TPSA) is 89.7 Å². The highest BCUT2D eigenvalue weighted by atomic mass is 35.5. The second-order valence-electron chi connectivity index (χ2n) is 4.49. The molecule has 0 aliphatic carbocycles. The van der Waals surface area contributed by atoms with Crippen molar-refractivity contribution in [3.05, 3.63) is 57.1 Å². The normalized spacial score (nSPS) is 12.7. The summed E-state index contributed by atoms with van der Waals surface area (Å²) in [6.45, 7) is 0. The molecular formula is C13H8ClF3NO5P. The molecule has 6 nitrogen and oxygen atoms in total. The minimum absolute atomic E-state index is 0.0790. The summed E-state index contributed by atoms with van der Waals surface area (Å²) < 4.78 is 54.2. The fourth-order valence-corrected chi connectivity index (χ4v) is 2.67. The molecule has 2 rings (SSSR count). The van der Waals surface area contributed by atoms with E-state index in [4.69, 9.17) is 21.2 Å². The molecule has 24 heavy (non-hydrogen) atoms. The van der Waals surface area contributed by atoms with E-state index in [1.165, 1.54) is 0 Å². The lowest BCUT2D eigenvalue weighted by Gasteiger charge is -2.11. The average molecular weight is 382 g/mol. The summed E-state index contributed by atoms with van der Waals surface area (Å²) in [4.78, 5) is 19.1. The first-order valence-electron chi connectivity index (χ1n) is 6.16. The van der Waals surface area contributed by atoms with Gasteiger partial charge < -0.3 is 9.63 Å². The summed E-state index contributed by atoms with van der Waals surface area (Å²) in [5.41, 5.74) is -1.53. The molecule has 1 N–H and O–H groups in total. The number of nitro benzene ring substituents is 1. The van der Waals surface area contributed by atoms with Crippen molar-refractivity contribution in [2.75, 3.05) is 0 Å². The number of hydrogen-bond donors (Lipinski definition) is 1. The molecule has 128 valence electrons. The molecule has 0 aromatic heterocycles. The van der Waals surface area contributed by atoms with Crippen LogP contribution in [-0.2, 0) is 10.7 Å². The Morgan fingerprint density at radius 1 is 1.21 bits per heavy atom. The van der Waals surface area contributed by atoms with Crippen LogP contribution in [0.5, 0.6) is 11.5 Å². The number of rotatable bonds is 4. The Bertz CT molecular complexity index is 828. The molecule has 1 unspecified atom stereocenters. The summed E-state index contributed by atoms with van der Waals surface area (Å²) in [6, 6.07) is 5.46.